The average Bonchev–Trinajstić information content (AvgIpc) is 2.17. The van der Waals surface area contributed by atoms with Gasteiger partial charge in [-0.3, -0.25) is 0 Å². The van der Waals surface area contributed by atoms with E-state index in [0.717, 1.165) is 6.42 Å². The molecule has 1 rings (SSSR count). The molecule has 0 radical (unpaired) electrons. The molecule has 0 spiro atoms. The maximum absolute atomic E-state index is 6.21. The first-order valence-electron chi connectivity index (χ1n) is 6.56. The van der Waals surface area contributed by atoms with E-state index in [-0.39, 0.29) is 11.6 Å². The van der Waals surface area contributed by atoms with Gasteiger partial charge in [-0.1, -0.05) is 39.0 Å². The fourth-order valence-electron chi connectivity index (χ4n) is 2.48. The van der Waals surface area contributed by atoms with Crippen molar-refractivity contribution < 1.29 is 4.74 Å². The van der Waals surface area contributed by atoms with E-state index in [2.05, 4.69) is 6.92 Å². The van der Waals surface area contributed by atoms with E-state index >= 15 is 0 Å². The predicted molar refractivity (Wildman–Crippen MR) is 64.9 cm³/mol. The van der Waals surface area contributed by atoms with Crippen molar-refractivity contribution in [3.8, 4) is 0 Å². The second-order valence-electron chi connectivity index (χ2n) is 4.93. The van der Waals surface area contributed by atoms with Gasteiger partial charge in [0.25, 0.3) is 0 Å². The SMILES string of the molecule is CCCCCCCC(N)C1(OC)CCC1. The molecule has 0 aromatic rings. The molecule has 2 nitrogen and oxygen atoms in total. The van der Waals surface area contributed by atoms with Crippen molar-refractivity contribution in [2.75, 3.05) is 7.11 Å². The second-order valence-corrected chi connectivity index (χ2v) is 4.93. The monoisotopic (exact) mass is 213 g/mol. The van der Waals surface area contributed by atoms with Crippen LogP contribution < -0.4 is 5.73 Å². The Morgan fingerprint density at radius 2 is 1.87 bits per heavy atom. The molecule has 1 aliphatic carbocycles. The zero-order chi connectivity index (χ0) is 11.1. The van der Waals surface area contributed by atoms with Crippen molar-refractivity contribution >= 4 is 0 Å². The van der Waals surface area contributed by atoms with Gasteiger partial charge in [0.05, 0.1) is 5.60 Å². The molecule has 0 amide bonds. The molecule has 1 unspecified atom stereocenters. The van der Waals surface area contributed by atoms with Crippen LogP contribution in [0.3, 0.4) is 0 Å². The van der Waals surface area contributed by atoms with Gasteiger partial charge < -0.3 is 10.5 Å². The summed E-state index contributed by atoms with van der Waals surface area (Å²) in [6.07, 6.45) is 11.4. The van der Waals surface area contributed by atoms with Gasteiger partial charge in [0, 0.05) is 13.2 Å². The van der Waals surface area contributed by atoms with E-state index in [1.165, 1.54) is 51.4 Å². The molecule has 0 aliphatic heterocycles. The summed E-state index contributed by atoms with van der Waals surface area (Å²) in [5.41, 5.74) is 6.26. The van der Waals surface area contributed by atoms with E-state index in [1.807, 2.05) is 7.11 Å². The summed E-state index contributed by atoms with van der Waals surface area (Å²) in [5.74, 6) is 0. The van der Waals surface area contributed by atoms with Crippen LogP contribution in [0.25, 0.3) is 0 Å². The third kappa shape index (κ3) is 3.46. The Morgan fingerprint density at radius 1 is 1.20 bits per heavy atom. The Kier molecular flexibility index (Phi) is 5.62. The summed E-state index contributed by atoms with van der Waals surface area (Å²) in [4.78, 5) is 0. The second kappa shape index (κ2) is 6.49. The number of hydrogen-bond donors (Lipinski definition) is 1. The molecule has 15 heavy (non-hydrogen) atoms. The Morgan fingerprint density at radius 3 is 2.33 bits per heavy atom. The number of ether oxygens (including phenoxy) is 1. The minimum absolute atomic E-state index is 0.0464. The first-order valence-corrected chi connectivity index (χ1v) is 6.56. The summed E-state index contributed by atoms with van der Waals surface area (Å²) < 4.78 is 5.59. The van der Waals surface area contributed by atoms with Crippen LogP contribution in [0.2, 0.25) is 0 Å². The zero-order valence-corrected chi connectivity index (χ0v) is 10.4. The molecule has 1 fully saturated rings. The summed E-state index contributed by atoms with van der Waals surface area (Å²) in [5, 5.41) is 0. The standard InChI is InChI=1S/C13H27NO/c1-3-4-5-6-7-9-12(14)13(15-2)10-8-11-13/h12H,3-11,14H2,1-2H3. The van der Waals surface area contributed by atoms with E-state index < -0.39 is 0 Å². The highest BCUT2D eigenvalue weighted by Crippen LogP contribution is 2.38. The molecular weight excluding hydrogens is 186 g/mol. The molecule has 1 aliphatic rings. The predicted octanol–water partition coefficient (Wildman–Crippen LogP) is 3.24. The van der Waals surface area contributed by atoms with Crippen molar-refractivity contribution in [3.05, 3.63) is 0 Å². The van der Waals surface area contributed by atoms with Crippen LogP contribution in [-0.2, 0) is 4.74 Å². The lowest BCUT2D eigenvalue weighted by molar-refractivity contribution is -0.0917. The highest BCUT2D eigenvalue weighted by molar-refractivity contribution is 4.97. The summed E-state index contributed by atoms with van der Waals surface area (Å²) in [7, 11) is 1.82. The van der Waals surface area contributed by atoms with Gasteiger partial charge in [-0.05, 0) is 25.7 Å². The topological polar surface area (TPSA) is 35.2 Å². The number of unbranched alkanes of at least 4 members (excludes halogenated alkanes) is 4. The maximum Gasteiger partial charge on any atom is 0.0828 e. The molecule has 1 atom stereocenters. The van der Waals surface area contributed by atoms with Crippen LogP contribution in [0.4, 0.5) is 0 Å². The molecule has 0 saturated heterocycles. The maximum atomic E-state index is 6.21. The van der Waals surface area contributed by atoms with Crippen molar-refractivity contribution in [2.45, 2.75) is 76.4 Å². The first kappa shape index (κ1) is 13.0. The van der Waals surface area contributed by atoms with E-state index in [9.17, 15) is 0 Å². The van der Waals surface area contributed by atoms with Crippen LogP contribution in [0.1, 0.15) is 64.7 Å². The lowest BCUT2D eigenvalue weighted by Gasteiger charge is -2.45. The quantitative estimate of drug-likeness (QED) is 0.628. The molecule has 1 saturated carbocycles. The number of hydrogen-bond acceptors (Lipinski definition) is 2. The fourth-order valence-corrected chi connectivity index (χ4v) is 2.48. The minimum Gasteiger partial charge on any atom is -0.377 e. The molecule has 0 aromatic heterocycles. The zero-order valence-electron chi connectivity index (χ0n) is 10.4. The molecule has 0 heterocycles. The van der Waals surface area contributed by atoms with Crippen molar-refractivity contribution in [2.24, 2.45) is 5.73 Å². The van der Waals surface area contributed by atoms with Gasteiger partial charge in [0.2, 0.25) is 0 Å². The lowest BCUT2D eigenvalue weighted by Crippen LogP contribution is -2.54. The van der Waals surface area contributed by atoms with Crippen LogP contribution >= 0.6 is 0 Å². The van der Waals surface area contributed by atoms with E-state index in [1.54, 1.807) is 0 Å². The molecule has 0 bridgehead atoms. The largest absolute Gasteiger partial charge is 0.377 e. The van der Waals surface area contributed by atoms with Gasteiger partial charge in [-0.15, -0.1) is 0 Å². The smallest absolute Gasteiger partial charge is 0.0828 e. The highest BCUT2D eigenvalue weighted by Gasteiger charge is 2.42. The van der Waals surface area contributed by atoms with Gasteiger partial charge >= 0.3 is 0 Å². The molecule has 2 N–H and O–H groups in total. The van der Waals surface area contributed by atoms with Crippen LogP contribution in [0, 0.1) is 0 Å². The van der Waals surface area contributed by atoms with Crippen LogP contribution in [0.15, 0.2) is 0 Å². The first-order chi connectivity index (χ1) is 7.25. The Labute approximate surface area is 94.6 Å². The Balaban J connectivity index is 2.09. The molecule has 0 aromatic carbocycles. The third-order valence-corrected chi connectivity index (χ3v) is 3.90. The molecular formula is C13H27NO. The van der Waals surface area contributed by atoms with Crippen molar-refractivity contribution in [1.82, 2.24) is 0 Å². The lowest BCUT2D eigenvalue weighted by atomic mass is 9.73. The highest BCUT2D eigenvalue weighted by atomic mass is 16.5. The average molecular weight is 213 g/mol. The summed E-state index contributed by atoms with van der Waals surface area (Å²) in [6, 6.07) is 0.262. The van der Waals surface area contributed by atoms with Gasteiger partial charge in [0.15, 0.2) is 0 Å². The molecule has 90 valence electrons. The minimum atomic E-state index is 0.0464. The number of nitrogens with two attached hydrogens (primary N) is 1. The Hall–Kier alpha value is -0.0800. The van der Waals surface area contributed by atoms with E-state index in [4.69, 9.17) is 10.5 Å². The summed E-state index contributed by atoms with van der Waals surface area (Å²) in [6.45, 7) is 2.25. The number of methoxy groups -OCH3 is 1. The summed E-state index contributed by atoms with van der Waals surface area (Å²) >= 11 is 0. The normalized spacial score (nSPS) is 21.0. The third-order valence-electron chi connectivity index (χ3n) is 3.90. The molecule has 2 heteroatoms. The number of rotatable bonds is 8. The van der Waals surface area contributed by atoms with Crippen molar-refractivity contribution in [1.29, 1.82) is 0 Å². The van der Waals surface area contributed by atoms with Gasteiger partial charge in [-0.25, -0.2) is 0 Å². The van der Waals surface area contributed by atoms with E-state index in [0.29, 0.717) is 0 Å². The Bertz CT molecular complexity index is 160. The van der Waals surface area contributed by atoms with Crippen LogP contribution in [0.5, 0.6) is 0 Å². The van der Waals surface area contributed by atoms with Gasteiger partial charge in [0.1, 0.15) is 0 Å². The fraction of sp³-hybridized carbons (Fsp3) is 1.00. The van der Waals surface area contributed by atoms with Crippen molar-refractivity contribution in [3.63, 3.8) is 0 Å². The van der Waals surface area contributed by atoms with Crippen LogP contribution in [-0.4, -0.2) is 18.8 Å². The van der Waals surface area contributed by atoms with Gasteiger partial charge in [-0.2, -0.15) is 0 Å².